The van der Waals surface area contributed by atoms with Gasteiger partial charge in [0.2, 0.25) is 0 Å². The molecule has 76 valence electrons. The first-order valence-corrected chi connectivity index (χ1v) is 4.57. The Morgan fingerprint density at radius 2 is 2.14 bits per heavy atom. The lowest BCUT2D eigenvalue weighted by atomic mass is 9.90. The highest BCUT2D eigenvalue weighted by Crippen LogP contribution is 2.35. The Balaban J connectivity index is 2.63. The molecule has 1 aliphatic rings. The summed E-state index contributed by atoms with van der Waals surface area (Å²) >= 11 is 0. The fraction of sp³-hybridized carbons (Fsp3) is 0.455. The zero-order valence-electron chi connectivity index (χ0n) is 8.23. The molecule has 0 bridgehead atoms. The van der Waals surface area contributed by atoms with Crippen molar-refractivity contribution >= 4 is 0 Å². The fourth-order valence-electron chi connectivity index (χ4n) is 1.81. The molecular weight excluding hydrogens is 186 g/mol. The molecule has 0 radical (unpaired) electrons. The van der Waals surface area contributed by atoms with Crippen molar-refractivity contribution in [3.63, 3.8) is 0 Å². The van der Waals surface area contributed by atoms with Crippen LogP contribution in [0.1, 0.15) is 23.6 Å². The second-order valence-electron chi connectivity index (χ2n) is 3.96. The average molecular weight is 198 g/mol. The lowest BCUT2D eigenvalue weighted by Crippen LogP contribution is -2.29. The van der Waals surface area contributed by atoms with Crippen LogP contribution in [-0.4, -0.2) is 6.61 Å². The molecule has 0 aliphatic carbocycles. The van der Waals surface area contributed by atoms with Crippen LogP contribution in [0.3, 0.4) is 0 Å². The first kappa shape index (κ1) is 9.59. The maximum Gasteiger partial charge on any atom is 0.156 e. The van der Waals surface area contributed by atoms with E-state index in [-0.39, 0.29) is 19.0 Å². The molecule has 0 N–H and O–H groups in total. The molecule has 1 heterocycles. The van der Waals surface area contributed by atoms with E-state index in [1.54, 1.807) is 13.0 Å². The molecule has 1 aromatic rings. The van der Waals surface area contributed by atoms with E-state index >= 15 is 0 Å². The largest absolute Gasteiger partial charge is 0.373 e. The molecule has 0 saturated heterocycles. The minimum absolute atomic E-state index is 0.00287. The number of halogens is 2. The summed E-state index contributed by atoms with van der Waals surface area (Å²) in [5, 5.41) is 0. The minimum Gasteiger partial charge on any atom is -0.373 e. The summed E-state index contributed by atoms with van der Waals surface area (Å²) in [7, 11) is 0. The molecule has 0 amide bonds. The summed E-state index contributed by atoms with van der Waals surface area (Å²) < 4.78 is 32.4. The predicted molar refractivity (Wildman–Crippen MR) is 49.3 cm³/mol. The monoisotopic (exact) mass is 198 g/mol. The van der Waals surface area contributed by atoms with E-state index in [9.17, 15) is 8.78 Å². The molecule has 14 heavy (non-hydrogen) atoms. The maximum absolute atomic E-state index is 13.9. The Morgan fingerprint density at radius 1 is 1.43 bits per heavy atom. The Bertz CT molecular complexity index is 372. The van der Waals surface area contributed by atoms with E-state index in [1.165, 1.54) is 13.0 Å². The van der Waals surface area contributed by atoms with Gasteiger partial charge >= 0.3 is 0 Å². The Morgan fingerprint density at radius 3 is 2.86 bits per heavy atom. The maximum atomic E-state index is 13.9. The quantitative estimate of drug-likeness (QED) is 0.622. The summed E-state index contributed by atoms with van der Waals surface area (Å²) in [6.45, 7) is 3.35. The van der Waals surface area contributed by atoms with Gasteiger partial charge in [-0.2, -0.15) is 0 Å². The summed E-state index contributed by atoms with van der Waals surface area (Å²) in [5.41, 5.74) is -0.0411. The summed E-state index contributed by atoms with van der Waals surface area (Å²) in [6.07, 6.45) is 0. The molecule has 3 heteroatoms. The highest BCUT2D eigenvalue weighted by atomic mass is 19.1. The van der Waals surface area contributed by atoms with E-state index in [1.807, 2.05) is 0 Å². The zero-order chi connectivity index (χ0) is 10.3. The van der Waals surface area contributed by atoms with E-state index in [4.69, 9.17) is 4.74 Å². The van der Waals surface area contributed by atoms with Crippen LogP contribution in [0.15, 0.2) is 12.1 Å². The van der Waals surface area contributed by atoms with E-state index in [2.05, 4.69) is 0 Å². The number of fused-ring (bicyclic) bond motifs is 1. The summed E-state index contributed by atoms with van der Waals surface area (Å²) in [6, 6.07) is 3.10. The molecule has 1 aromatic carbocycles. The Labute approximate surface area is 81.7 Å². The smallest absolute Gasteiger partial charge is 0.156 e. The van der Waals surface area contributed by atoms with Gasteiger partial charge in [0, 0.05) is 5.56 Å². The molecule has 0 fully saturated rings. The molecule has 0 saturated carbocycles. The highest BCUT2D eigenvalue weighted by molar-refractivity contribution is 5.37. The van der Waals surface area contributed by atoms with Crippen LogP contribution in [0.2, 0.25) is 0 Å². The highest BCUT2D eigenvalue weighted by Gasteiger charge is 2.34. The number of hydrogen-bond donors (Lipinski definition) is 0. The summed E-state index contributed by atoms with van der Waals surface area (Å²) in [4.78, 5) is 0. The molecule has 0 spiro atoms. The van der Waals surface area contributed by atoms with Crippen molar-refractivity contribution in [2.45, 2.75) is 26.1 Å². The van der Waals surface area contributed by atoms with Crippen molar-refractivity contribution in [3.8, 4) is 0 Å². The van der Waals surface area contributed by atoms with Gasteiger partial charge in [0.15, 0.2) is 5.67 Å². The number of ether oxygens (including phenoxy) is 1. The Kier molecular flexibility index (Phi) is 2.07. The van der Waals surface area contributed by atoms with Crippen LogP contribution >= 0.6 is 0 Å². The molecule has 1 atom stereocenters. The fourth-order valence-corrected chi connectivity index (χ4v) is 1.81. The molecule has 1 aliphatic heterocycles. The first-order valence-electron chi connectivity index (χ1n) is 4.57. The van der Waals surface area contributed by atoms with Crippen LogP contribution in [-0.2, 0) is 17.0 Å². The lowest BCUT2D eigenvalue weighted by Gasteiger charge is -2.29. The molecule has 0 aromatic heterocycles. The van der Waals surface area contributed by atoms with E-state index in [0.29, 0.717) is 11.1 Å². The van der Waals surface area contributed by atoms with Gasteiger partial charge < -0.3 is 4.74 Å². The third kappa shape index (κ3) is 1.42. The SMILES string of the molecule is Cc1cc(F)c2c(c1)C(C)(F)COC2. The molecule has 1 nitrogen and oxygen atoms in total. The van der Waals surface area contributed by atoms with Crippen LogP contribution in [0.25, 0.3) is 0 Å². The van der Waals surface area contributed by atoms with Crippen LogP contribution in [0.4, 0.5) is 8.78 Å². The van der Waals surface area contributed by atoms with Crippen molar-refractivity contribution in [1.82, 2.24) is 0 Å². The third-order valence-electron chi connectivity index (χ3n) is 2.52. The third-order valence-corrected chi connectivity index (χ3v) is 2.52. The number of aryl methyl sites for hydroxylation is 1. The van der Waals surface area contributed by atoms with Crippen molar-refractivity contribution in [2.75, 3.05) is 6.61 Å². The standard InChI is InChI=1S/C11H12F2O/c1-7-3-9-8(10(12)4-7)5-14-6-11(9,2)13/h3-4H,5-6H2,1-2H3. The number of rotatable bonds is 0. The lowest BCUT2D eigenvalue weighted by molar-refractivity contribution is -0.00646. The molecular formula is C11H12F2O. The van der Waals surface area contributed by atoms with Crippen LogP contribution in [0.5, 0.6) is 0 Å². The molecule has 2 rings (SSSR count). The number of alkyl halides is 1. The van der Waals surface area contributed by atoms with Crippen LogP contribution in [0, 0.1) is 12.7 Å². The van der Waals surface area contributed by atoms with Gasteiger partial charge in [0.25, 0.3) is 0 Å². The van der Waals surface area contributed by atoms with Crippen LogP contribution < -0.4 is 0 Å². The zero-order valence-corrected chi connectivity index (χ0v) is 8.23. The van der Waals surface area contributed by atoms with Gasteiger partial charge in [-0.1, -0.05) is 6.07 Å². The number of hydrogen-bond acceptors (Lipinski definition) is 1. The minimum atomic E-state index is -1.57. The van der Waals surface area contributed by atoms with Gasteiger partial charge in [-0.05, 0) is 31.0 Å². The molecule has 1 unspecified atom stereocenters. The van der Waals surface area contributed by atoms with E-state index in [0.717, 1.165) is 5.56 Å². The average Bonchev–Trinajstić information content (AvgIpc) is 2.06. The van der Waals surface area contributed by atoms with Crippen molar-refractivity contribution in [1.29, 1.82) is 0 Å². The van der Waals surface area contributed by atoms with Gasteiger partial charge in [-0.15, -0.1) is 0 Å². The number of benzene rings is 1. The normalized spacial score (nSPS) is 26.0. The van der Waals surface area contributed by atoms with Gasteiger partial charge in [0.05, 0.1) is 13.2 Å². The van der Waals surface area contributed by atoms with Gasteiger partial charge in [-0.3, -0.25) is 0 Å². The van der Waals surface area contributed by atoms with Gasteiger partial charge in [0.1, 0.15) is 5.82 Å². The van der Waals surface area contributed by atoms with Gasteiger partial charge in [-0.25, -0.2) is 8.78 Å². The first-order chi connectivity index (χ1) is 6.50. The second-order valence-corrected chi connectivity index (χ2v) is 3.96. The topological polar surface area (TPSA) is 9.23 Å². The Hall–Kier alpha value is -0.960. The summed E-state index contributed by atoms with van der Waals surface area (Å²) in [5.74, 6) is -0.372. The van der Waals surface area contributed by atoms with Crippen molar-refractivity contribution in [2.24, 2.45) is 0 Å². The van der Waals surface area contributed by atoms with E-state index < -0.39 is 5.67 Å². The predicted octanol–water partition coefficient (Wildman–Crippen LogP) is 2.85. The van der Waals surface area contributed by atoms with Crippen molar-refractivity contribution in [3.05, 3.63) is 34.6 Å². The second kappa shape index (κ2) is 3.02. The van der Waals surface area contributed by atoms with Crippen molar-refractivity contribution < 1.29 is 13.5 Å².